The van der Waals surface area contributed by atoms with Gasteiger partial charge in [-0.3, -0.25) is 19.5 Å². The largest absolute Gasteiger partial charge is 0.496 e. The molecule has 1 aromatic heterocycles. The molecule has 0 aliphatic carbocycles. The van der Waals surface area contributed by atoms with Crippen LogP contribution >= 0.6 is 27.3 Å². The Kier molecular flexibility index (Phi) is 7.23. The Balaban J connectivity index is 1.97. The fraction of sp³-hybridized carbons (Fsp3) is 0.240. The predicted octanol–water partition coefficient (Wildman–Crippen LogP) is 3.79. The van der Waals surface area contributed by atoms with Gasteiger partial charge < -0.3 is 9.47 Å². The van der Waals surface area contributed by atoms with Crippen molar-refractivity contribution in [2.24, 2.45) is 4.99 Å². The van der Waals surface area contributed by atoms with Crippen molar-refractivity contribution in [2.45, 2.75) is 26.8 Å². The lowest BCUT2D eigenvalue weighted by molar-refractivity contribution is -0.385. The smallest absolute Gasteiger partial charge is 0.338 e. The number of nitro groups is 1. The molecule has 0 saturated heterocycles. The number of carbonyl (C=O) groups is 1. The van der Waals surface area contributed by atoms with Crippen molar-refractivity contribution in [1.29, 1.82) is 0 Å². The summed E-state index contributed by atoms with van der Waals surface area (Å²) in [5.41, 5.74) is 1.74. The number of ether oxygens (including phenoxy) is 2. The van der Waals surface area contributed by atoms with Gasteiger partial charge in [0, 0.05) is 11.6 Å². The Hall–Kier alpha value is -3.57. The molecule has 0 saturated carbocycles. The summed E-state index contributed by atoms with van der Waals surface area (Å²) in [6.07, 6.45) is 1.73. The highest BCUT2D eigenvalue weighted by Crippen LogP contribution is 2.33. The number of halogens is 1. The number of aryl methyl sites for hydroxylation is 1. The van der Waals surface area contributed by atoms with E-state index in [0.29, 0.717) is 31.9 Å². The minimum Gasteiger partial charge on any atom is -0.496 e. The number of aromatic nitrogens is 1. The van der Waals surface area contributed by atoms with Gasteiger partial charge in [0.2, 0.25) is 0 Å². The zero-order valence-corrected chi connectivity index (χ0v) is 22.3. The summed E-state index contributed by atoms with van der Waals surface area (Å²) in [6.45, 7) is 5.11. The van der Waals surface area contributed by atoms with Gasteiger partial charge in [0.25, 0.3) is 11.2 Å². The van der Waals surface area contributed by atoms with Crippen LogP contribution in [0.25, 0.3) is 6.08 Å². The van der Waals surface area contributed by atoms with Gasteiger partial charge in [0.05, 0.1) is 45.0 Å². The molecule has 36 heavy (non-hydrogen) atoms. The van der Waals surface area contributed by atoms with Gasteiger partial charge in [0.1, 0.15) is 5.75 Å². The van der Waals surface area contributed by atoms with Gasteiger partial charge in [0.15, 0.2) is 4.80 Å². The second kappa shape index (κ2) is 10.2. The van der Waals surface area contributed by atoms with E-state index in [9.17, 15) is 19.7 Å². The molecule has 2 heterocycles. The summed E-state index contributed by atoms with van der Waals surface area (Å²) in [6, 6.07) is 9.19. The van der Waals surface area contributed by atoms with Gasteiger partial charge in [-0.25, -0.2) is 9.79 Å². The summed E-state index contributed by atoms with van der Waals surface area (Å²) >= 11 is 4.63. The number of nitrogens with zero attached hydrogens (tertiary/aromatic N) is 3. The number of nitro benzene ring substituents is 1. The minimum absolute atomic E-state index is 0.101. The van der Waals surface area contributed by atoms with E-state index in [1.165, 1.54) is 22.0 Å². The highest BCUT2D eigenvalue weighted by Gasteiger charge is 2.34. The second-order valence-corrected chi connectivity index (χ2v) is 9.86. The van der Waals surface area contributed by atoms with Gasteiger partial charge in [-0.1, -0.05) is 29.5 Å². The third-order valence-electron chi connectivity index (χ3n) is 5.74. The van der Waals surface area contributed by atoms with Crippen LogP contribution in [0.15, 0.2) is 61.9 Å². The van der Waals surface area contributed by atoms with E-state index in [1.54, 1.807) is 52.2 Å². The van der Waals surface area contributed by atoms with E-state index in [1.807, 2.05) is 12.1 Å². The van der Waals surface area contributed by atoms with Crippen molar-refractivity contribution in [3.63, 3.8) is 0 Å². The first-order chi connectivity index (χ1) is 17.2. The Morgan fingerprint density at radius 2 is 2.03 bits per heavy atom. The molecular weight excluding hydrogens is 550 g/mol. The monoisotopic (exact) mass is 571 g/mol. The molecule has 11 heteroatoms. The van der Waals surface area contributed by atoms with Crippen molar-refractivity contribution in [3.8, 4) is 5.75 Å². The number of fused-ring (bicyclic) bond motifs is 1. The molecule has 4 rings (SSSR count). The zero-order valence-electron chi connectivity index (χ0n) is 19.9. The molecular formula is C25H22BrN3O6S. The second-order valence-electron chi connectivity index (χ2n) is 8.00. The number of carbonyl (C=O) groups excluding carboxylic acids is 1. The molecule has 1 atom stereocenters. The molecule has 0 N–H and O–H groups in total. The van der Waals surface area contributed by atoms with Crippen molar-refractivity contribution >= 4 is 45.0 Å². The van der Waals surface area contributed by atoms with E-state index in [2.05, 4.69) is 20.9 Å². The number of allylic oxidation sites excluding steroid dienone is 1. The van der Waals surface area contributed by atoms with Gasteiger partial charge in [-0.15, -0.1) is 0 Å². The summed E-state index contributed by atoms with van der Waals surface area (Å²) in [5, 5.41) is 11.6. The number of hydrogen-bond acceptors (Lipinski definition) is 8. The normalized spacial score (nSPS) is 15.4. The van der Waals surface area contributed by atoms with Crippen molar-refractivity contribution in [1.82, 2.24) is 4.57 Å². The van der Waals surface area contributed by atoms with Crippen LogP contribution in [-0.4, -0.2) is 29.2 Å². The highest BCUT2D eigenvalue weighted by atomic mass is 79.9. The van der Waals surface area contributed by atoms with E-state index in [4.69, 9.17) is 9.47 Å². The van der Waals surface area contributed by atoms with E-state index in [0.717, 1.165) is 10.0 Å². The molecule has 0 bridgehead atoms. The quantitative estimate of drug-likeness (QED) is 0.253. The molecule has 0 radical (unpaired) electrons. The van der Waals surface area contributed by atoms with E-state index >= 15 is 0 Å². The maximum absolute atomic E-state index is 13.7. The van der Waals surface area contributed by atoms with Crippen LogP contribution in [0.3, 0.4) is 0 Å². The Morgan fingerprint density at radius 3 is 2.67 bits per heavy atom. The molecule has 0 unspecified atom stereocenters. The average Bonchev–Trinajstić information content (AvgIpc) is 3.13. The SMILES string of the molecule is CCOC(=O)C1=C(C)N=c2s/c(=C/c3ccc(OC)c(Br)c3)c(=O)n2[C@H]1c1ccc(C)c([N+](=O)[O-])c1. The minimum atomic E-state index is -0.927. The summed E-state index contributed by atoms with van der Waals surface area (Å²) in [5.74, 6) is 0.0321. The van der Waals surface area contributed by atoms with Crippen LogP contribution in [0, 0.1) is 17.0 Å². The molecule has 0 spiro atoms. The lowest BCUT2D eigenvalue weighted by Crippen LogP contribution is -2.40. The van der Waals surface area contributed by atoms with Gasteiger partial charge in [-0.2, -0.15) is 0 Å². The van der Waals surface area contributed by atoms with Crippen LogP contribution in [0.4, 0.5) is 5.69 Å². The lowest BCUT2D eigenvalue weighted by atomic mass is 9.94. The van der Waals surface area contributed by atoms with Crippen molar-refractivity contribution < 1.29 is 19.2 Å². The number of hydrogen-bond donors (Lipinski definition) is 0. The third-order valence-corrected chi connectivity index (χ3v) is 7.34. The van der Waals surface area contributed by atoms with Crippen LogP contribution in [0.2, 0.25) is 0 Å². The molecule has 186 valence electrons. The fourth-order valence-electron chi connectivity index (χ4n) is 4.02. The van der Waals surface area contributed by atoms with E-state index in [-0.39, 0.29) is 23.4 Å². The van der Waals surface area contributed by atoms with Crippen LogP contribution in [0.1, 0.15) is 36.6 Å². The van der Waals surface area contributed by atoms with Crippen LogP contribution in [0.5, 0.6) is 5.75 Å². The molecule has 3 aromatic rings. The first-order valence-corrected chi connectivity index (χ1v) is 12.5. The maximum Gasteiger partial charge on any atom is 0.338 e. The summed E-state index contributed by atoms with van der Waals surface area (Å²) < 4.78 is 13.1. The average molecular weight is 572 g/mol. The Labute approximate surface area is 218 Å². The molecule has 1 aliphatic rings. The molecule has 2 aromatic carbocycles. The van der Waals surface area contributed by atoms with Gasteiger partial charge in [-0.05, 0) is 66.0 Å². The number of benzene rings is 2. The van der Waals surface area contributed by atoms with Crippen molar-refractivity contribution in [3.05, 3.63) is 98.6 Å². The lowest BCUT2D eigenvalue weighted by Gasteiger charge is -2.24. The number of methoxy groups -OCH3 is 1. The molecule has 0 amide bonds. The standard InChI is InChI=1S/C25H22BrN3O6S/c1-5-35-24(31)21-14(3)27-25-28(22(21)16-8-6-13(2)18(12-16)29(32)33)23(30)20(36-25)11-15-7-9-19(34-4)17(26)10-15/h6-12,22H,5H2,1-4H3/b20-11+/t22-/m0/s1. The Bertz CT molecular complexity index is 1600. The summed E-state index contributed by atoms with van der Waals surface area (Å²) in [7, 11) is 1.57. The topological polar surface area (TPSA) is 113 Å². The highest BCUT2D eigenvalue weighted by molar-refractivity contribution is 9.10. The number of esters is 1. The van der Waals surface area contributed by atoms with Gasteiger partial charge >= 0.3 is 5.97 Å². The number of rotatable bonds is 6. The molecule has 0 fully saturated rings. The van der Waals surface area contributed by atoms with E-state index < -0.39 is 16.9 Å². The van der Waals surface area contributed by atoms with Crippen molar-refractivity contribution in [2.75, 3.05) is 13.7 Å². The first-order valence-electron chi connectivity index (χ1n) is 10.9. The zero-order chi connectivity index (χ0) is 26.1. The number of thiazole rings is 1. The molecule has 1 aliphatic heterocycles. The molecule has 9 nitrogen and oxygen atoms in total. The first kappa shape index (κ1) is 25.5. The summed E-state index contributed by atoms with van der Waals surface area (Å²) in [4.78, 5) is 42.7. The maximum atomic E-state index is 13.7. The fourth-order valence-corrected chi connectivity index (χ4v) is 5.63. The van der Waals surface area contributed by atoms with Crippen LogP contribution in [-0.2, 0) is 9.53 Å². The Morgan fingerprint density at radius 1 is 1.28 bits per heavy atom. The van der Waals surface area contributed by atoms with Crippen LogP contribution < -0.4 is 19.6 Å². The third kappa shape index (κ3) is 4.63. The predicted molar refractivity (Wildman–Crippen MR) is 139 cm³/mol.